The van der Waals surface area contributed by atoms with Crippen LogP contribution in [0.1, 0.15) is 58.4 Å². The number of carbonyl (C=O) groups is 1. The van der Waals surface area contributed by atoms with Gasteiger partial charge >= 0.3 is 0 Å². The van der Waals surface area contributed by atoms with E-state index in [4.69, 9.17) is 10.5 Å². The molecular formula is C25H29N5O2S2. The van der Waals surface area contributed by atoms with Crippen LogP contribution in [0.2, 0.25) is 0 Å². The fraction of sp³-hybridized carbons (Fsp3) is 0.440. The van der Waals surface area contributed by atoms with Crippen LogP contribution in [-0.2, 0) is 4.79 Å². The summed E-state index contributed by atoms with van der Waals surface area (Å²) in [6, 6.07) is 9.87. The van der Waals surface area contributed by atoms with E-state index in [0.717, 1.165) is 33.5 Å². The molecule has 1 atom stereocenters. The first-order chi connectivity index (χ1) is 16.3. The Morgan fingerprint density at radius 1 is 1.26 bits per heavy atom. The first-order valence-corrected chi connectivity index (χ1v) is 13.2. The molecule has 2 N–H and O–H groups in total. The van der Waals surface area contributed by atoms with Gasteiger partial charge < -0.3 is 10.5 Å². The van der Waals surface area contributed by atoms with Crippen molar-refractivity contribution in [2.24, 2.45) is 11.1 Å². The Bertz CT molecular complexity index is 1190. The van der Waals surface area contributed by atoms with Gasteiger partial charge in [0.1, 0.15) is 11.6 Å². The zero-order valence-electron chi connectivity index (χ0n) is 19.9. The SMILES string of the molecule is CCCSc1nnc(N2C(N)=C(C#N)C(c3ccc(OCC)cc3)C3=C2CC(C)(C)CC3=O)s1. The molecule has 2 aliphatic rings. The highest BCUT2D eigenvalue weighted by atomic mass is 32.2. The molecule has 0 bridgehead atoms. The molecule has 1 aromatic heterocycles. The number of ketones is 1. The summed E-state index contributed by atoms with van der Waals surface area (Å²) < 4.78 is 6.43. The smallest absolute Gasteiger partial charge is 0.219 e. The van der Waals surface area contributed by atoms with Crippen LogP contribution in [0.15, 0.2) is 51.3 Å². The second-order valence-electron chi connectivity index (χ2n) is 9.18. The van der Waals surface area contributed by atoms with Gasteiger partial charge in [0, 0.05) is 23.4 Å². The monoisotopic (exact) mass is 495 g/mol. The number of rotatable bonds is 7. The van der Waals surface area contributed by atoms with Crippen molar-refractivity contribution in [2.75, 3.05) is 17.3 Å². The van der Waals surface area contributed by atoms with Crippen molar-refractivity contribution in [3.8, 4) is 11.8 Å². The molecule has 178 valence electrons. The second-order valence-corrected chi connectivity index (χ2v) is 11.5. The van der Waals surface area contributed by atoms with Crippen molar-refractivity contribution in [1.82, 2.24) is 10.2 Å². The Balaban J connectivity index is 1.86. The van der Waals surface area contributed by atoms with Crippen molar-refractivity contribution < 1.29 is 9.53 Å². The predicted molar refractivity (Wildman–Crippen MR) is 136 cm³/mol. The van der Waals surface area contributed by atoms with Crippen molar-refractivity contribution >= 4 is 34.0 Å². The Morgan fingerprint density at radius 3 is 2.65 bits per heavy atom. The standard InChI is InChI=1S/C25H29N5O2S2/c1-5-11-33-24-29-28-23(34-24)30-18-12-25(3,4)13-19(31)21(18)20(17(14-26)22(30)27)15-7-9-16(10-8-15)32-6-2/h7-10,20H,5-6,11-13,27H2,1-4H3. The van der Waals surface area contributed by atoms with Crippen LogP contribution >= 0.6 is 23.1 Å². The zero-order valence-corrected chi connectivity index (χ0v) is 21.6. The number of hydrogen-bond acceptors (Lipinski definition) is 9. The topological polar surface area (TPSA) is 105 Å². The summed E-state index contributed by atoms with van der Waals surface area (Å²) in [6.07, 6.45) is 2.10. The molecule has 2 aromatic rings. The average Bonchev–Trinajstić information content (AvgIpc) is 3.25. The van der Waals surface area contributed by atoms with Crippen LogP contribution < -0.4 is 15.4 Å². The number of anilines is 1. The summed E-state index contributed by atoms with van der Waals surface area (Å²) in [7, 11) is 0. The third-order valence-electron chi connectivity index (χ3n) is 5.92. The summed E-state index contributed by atoms with van der Waals surface area (Å²) in [5, 5.41) is 19.5. The molecule has 7 nitrogen and oxygen atoms in total. The molecule has 34 heavy (non-hydrogen) atoms. The normalized spacial score (nSPS) is 19.8. The number of Topliss-reactive ketones (excluding diaryl/α,β-unsaturated/α-hetero) is 1. The lowest BCUT2D eigenvalue weighted by atomic mass is 9.68. The molecule has 0 amide bonds. The fourth-order valence-corrected chi connectivity index (χ4v) is 6.33. The van der Waals surface area contributed by atoms with E-state index in [1.807, 2.05) is 31.2 Å². The van der Waals surface area contributed by atoms with Gasteiger partial charge in [-0.3, -0.25) is 9.69 Å². The number of nitriles is 1. The van der Waals surface area contributed by atoms with Gasteiger partial charge in [0.05, 0.1) is 24.2 Å². The number of nitrogens with two attached hydrogens (primary N) is 1. The van der Waals surface area contributed by atoms with Crippen LogP contribution in [-0.4, -0.2) is 28.3 Å². The van der Waals surface area contributed by atoms with E-state index in [2.05, 4.69) is 37.0 Å². The highest BCUT2D eigenvalue weighted by Gasteiger charge is 2.45. The number of carbonyl (C=O) groups excluding carboxylic acids is 1. The summed E-state index contributed by atoms with van der Waals surface area (Å²) >= 11 is 3.09. The average molecular weight is 496 g/mol. The second kappa shape index (κ2) is 9.80. The van der Waals surface area contributed by atoms with E-state index >= 15 is 0 Å². The largest absolute Gasteiger partial charge is 0.494 e. The Morgan fingerprint density at radius 2 is 2.00 bits per heavy atom. The van der Waals surface area contributed by atoms with Gasteiger partial charge in [-0.2, -0.15) is 5.26 Å². The molecule has 0 saturated heterocycles. The number of benzene rings is 1. The number of aromatic nitrogens is 2. The molecule has 2 heterocycles. The van der Waals surface area contributed by atoms with E-state index in [1.54, 1.807) is 16.7 Å². The van der Waals surface area contributed by atoms with Gasteiger partial charge in [0.25, 0.3) is 0 Å². The predicted octanol–water partition coefficient (Wildman–Crippen LogP) is 5.38. The van der Waals surface area contributed by atoms with E-state index < -0.39 is 5.92 Å². The molecule has 9 heteroatoms. The van der Waals surface area contributed by atoms with Gasteiger partial charge in [-0.05, 0) is 42.9 Å². The van der Waals surface area contributed by atoms with Crippen LogP contribution in [0.3, 0.4) is 0 Å². The highest BCUT2D eigenvalue weighted by Crippen LogP contribution is 2.50. The number of nitrogens with zero attached hydrogens (tertiary/aromatic N) is 4. The van der Waals surface area contributed by atoms with Crippen LogP contribution in [0.5, 0.6) is 5.75 Å². The lowest BCUT2D eigenvalue weighted by Crippen LogP contribution is -2.42. The third kappa shape index (κ3) is 4.57. The van der Waals surface area contributed by atoms with Gasteiger partial charge in [-0.15, -0.1) is 10.2 Å². The Kier molecular flexibility index (Phi) is 7.01. The Hall–Kier alpha value is -2.83. The minimum absolute atomic E-state index is 0.0421. The summed E-state index contributed by atoms with van der Waals surface area (Å²) in [5.74, 6) is 1.53. The summed E-state index contributed by atoms with van der Waals surface area (Å²) in [6.45, 7) is 8.78. The Labute approximate surface area is 208 Å². The molecule has 1 aliphatic carbocycles. The first kappa shape index (κ1) is 24.3. The molecule has 1 aliphatic heterocycles. The van der Waals surface area contributed by atoms with Crippen LogP contribution in [0.4, 0.5) is 5.13 Å². The molecule has 0 radical (unpaired) electrons. The van der Waals surface area contributed by atoms with Gasteiger partial charge in [-0.25, -0.2) is 0 Å². The van der Waals surface area contributed by atoms with E-state index in [1.165, 1.54) is 11.3 Å². The summed E-state index contributed by atoms with van der Waals surface area (Å²) in [5.41, 5.74) is 9.09. The quantitative estimate of drug-likeness (QED) is 0.511. The molecule has 4 rings (SSSR count). The lowest BCUT2D eigenvalue weighted by Gasteiger charge is -2.42. The van der Waals surface area contributed by atoms with Crippen LogP contribution in [0.25, 0.3) is 0 Å². The maximum absolute atomic E-state index is 13.6. The molecule has 0 fully saturated rings. The maximum Gasteiger partial charge on any atom is 0.219 e. The van der Waals surface area contributed by atoms with Crippen LogP contribution in [0, 0.1) is 16.7 Å². The highest BCUT2D eigenvalue weighted by molar-refractivity contribution is 8.01. The van der Waals surface area contributed by atoms with Crippen molar-refractivity contribution in [1.29, 1.82) is 5.26 Å². The van der Waals surface area contributed by atoms with Gasteiger partial charge in [-0.1, -0.05) is 56.0 Å². The number of thioether (sulfide) groups is 1. The molecule has 0 saturated carbocycles. The first-order valence-electron chi connectivity index (χ1n) is 11.4. The minimum Gasteiger partial charge on any atom is -0.494 e. The lowest BCUT2D eigenvalue weighted by molar-refractivity contribution is -0.118. The van der Waals surface area contributed by atoms with E-state index in [9.17, 15) is 10.1 Å². The maximum atomic E-state index is 13.6. The molecule has 0 spiro atoms. The minimum atomic E-state index is -0.516. The molecule has 1 unspecified atom stereocenters. The summed E-state index contributed by atoms with van der Waals surface area (Å²) in [4.78, 5) is 15.4. The molecule has 1 aromatic carbocycles. The zero-order chi connectivity index (χ0) is 24.5. The van der Waals surface area contributed by atoms with Crippen molar-refractivity contribution in [3.63, 3.8) is 0 Å². The van der Waals surface area contributed by atoms with Gasteiger partial charge in [0.15, 0.2) is 10.1 Å². The third-order valence-corrected chi connectivity index (χ3v) is 8.17. The van der Waals surface area contributed by atoms with Gasteiger partial charge in [0.2, 0.25) is 5.13 Å². The van der Waals surface area contributed by atoms with E-state index in [0.29, 0.717) is 41.5 Å². The molecular weight excluding hydrogens is 466 g/mol. The number of hydrogen-bond donors (Lipinski definition) is 1. The van der Waals surface area contributed by atoms with Crippen molar-refractivity contribution in [3.05, 3.63) is 52.5 Å². The number of ether oxygens (including phenoxy) is 1. The van der Waals surface area contributed by atoms with E-state index in [-0.39, 0.29) is 11.2 Å². The fourth-order valence-electron chi connectivity index (χ4n) is 4.52. The van der Waals surface area contributed by atoms with Crippen molar-refractivity contribution in [2.45, 2.75) is 57.2 Å². The number of allylic oxidation sites excluding steroid dienone is 3.